The van der Waals surface area contributed by atoms with E-state index in [1.165, 1.54) is 6.92 Å². The summed E-state index contributed by atoms with van der Waals surface area (Å²) in [5, 5.41) is 35.5. The molecule has 72 valence electrons. The lowest BCUT2D eigenvalue weighted by Gasteiger charge is -2.23. The summed E-state index contributed by atoms with van der Waals surface area (Å²) < 4.78 is 0. The molecule has 0 bridgehead atoms. The molecule has 0 aromatic rings. The Bertz CT molecular complexity index is 138. The number of hydrogen-bond donors (Lipinski definition) is 4. The number of rotatable bonds is 5. The van der Waals surface area contributed by atoms with Crippen LogP contribution in [0.2, 0.25) is 0 Å². The molecule has 0 aliphatic heterocycles. The van der Waals surface area contributed by atoms with Gasteiger partial charge in [0, 0.05) is 5.92 Å². The maximum absolute atomic E-state index is 10.1. The minimum Gasteiger partial charge on any atom is -0.394 e. The number of carbonyl (C=O) groups is 1. The zero-order valence-electron chi connectivity index (χ0n) is 6.79. The van der Waals surface area contributed by atoms with Gasteiger partial charge in [-0.3, -0.25) is 0 Å². The Balaban J connectivity index is 4.07. The van der Waals surface area contributed by atoms with Crippen LogP contribution in [0.15, 0.2) is 0 Å². The summed E-state index contributed by atoms with van der Waals surface area (Å²) >= 11 is 0. The van der Waals surface area contributed by atoms with Crippen molar-refractivity contribution in [1.29, 1.82) is 0 Å². The molecule has 4 N–H and O–H groups in total. The molecular formula is C7H14O5. The Morgan fingerprint density at radius 3 is 2.08 bits per heavy atom. The first-order chi connectivity index (χ1) is 5.54. The average molecular weight is 178 g/mol. The van der Waals surface area contributed by atoms with Crippen LogP contribution < -0.4 is 0 Å². The van der Waals surface area contributed by atoms with Crippen LogP contribution in [0.3, 0.4) is 0 Å². The molecule has 0 heterocycles. The quantitative estimate of drug-likeness (QED) is 0.361. The summed E-state index contributed by atoms with van der Waals surface area (Å²) in [6.07, 6.45) is -3.78. The van der Waals surface area contributed by atoms with E-state index in [1.54, 1.807) is 0 Å². The van der Waals surface area contributed by atoms with E-state index >= 15 is 0 Å². The first kappa shape index (κ1) is 11.5. The number of carbonyl (C=O) groups excluding carboxylic acids is 1. The lowest BCUT2D eigenvalue weighted by molar-refractivity contribution is -0.123. The van der Waals surface area contributed by atoms with E-state index in [4.69, 9.17) is 20.4 Å². The molecular weight excluding hydrogens is 164 g/mol. The van der Waals surface area contributed by atoms with Crippen molar-refractivity contribution in [3.8, 4) is 0 Å². The molecule has 0 aromatic heterocycles. The van der Waals surface area contributed by atoms with Crippen LogP contribution in [-0.2, 0) is 4.79 Å². The molecule has 0 spiro atoms. The van der Waals surface area contributed by atoms with Gasteiger partial charge in [-0.15, -0.1) is 0 Å². The molecule has 0 aliphatic carbocycles. The molecule has 12 heavy (non-hydrogen) atoms. The molecule has 5 heteroatoms. The van der Waals surface area contributed by atoms with Gasteiger partial charge in [-0.25, -0.2) is 0 Å². The summed E-state index contributed by atoms with van der Waals surface area (Å²) in [5.41, 5.74) is 0. The van der Waals surface area contributed by atoms with E-state index in [-0.39, 0.29) is 0 Å². The molecule has 0 radical (unpaired) electrons. The highest BCUT2D eigenvalue weighted by Gasteiger charge is 2.28. The van der Waals surface area contributed by atoms with E-state index in [0.717, 1.165) is 0 Å². The second-order valence-electron chi connectivity index (χ2n) is 2.73. The van der Waals surface area contributed by atoms with Crippen LogP contribution in [0, 0.1) is 5.92 Å². The van der Waals surface area contributed by atoms with Crippen molar-refractivity contribution in [3.63, 3.8) is 0 Å². The number of aliphatic hydroxyl groups is 4. The predicted molar refractivity (Wildman–Crippen MR) is 40.3 cm³/mol. The van der Waals surface area contributed by atoms with Crippen molar-refractivity contribution in [2.24, 2.45) is 5.92 Å². The van der Waals surface area contributed by atoms with Crippen LogP contribution in [0.25, 0.3) is 0 Å². The molecule has 0 amide bonds. The highest BCUT2D eigenvalue weighted by molar-refractivity contribution is 5.53. The molecule has 0 saturated heterocycles. The first-order valence-electron chi connectivity index (χ1n) is 3.65. The minimum absolute atomic E-state index is 0.470. The normalized spacial score (nSPS) is 21.1. The van der Waals surface area contributed by atoms with Gasteiger partial charge < -0.3 is 25.2 Å². The molecule has 0 saturated carbocycles. The number of aliphatic hydroxyl groups excluding tert-OH is 4. The van der Waals surface area contributed by atoms with Crippen molar-refractivity contribution in [2.75, 3.05) is 6.61 Å². The Labute approximate surface area is 70.3 Å². The topological polar surface area (TPSA) is 98.0 Å². The third kappa shape index (κ3) is 2.86. The summed E-state index contributed by atoms with van der Waals surface area (Å²) in [6, 6.07) is 0. The molecule has 0 aromatic carbocycles. The standard InChI is InChI=1S/C7H14O5/c1-4(2-8)6(11)7(12)5(10)3-9/h2,4-7,9-12H,3H2,1H3/t4-,5-,6-,7-/m1/s1. The van der Waals surface area contributed by atoms with E-state index in [1.807, 2.05) is 0 Å². The predicted octanol–water partition coefficient (Wildman–Crippen LogP) is -2.10. The average Bonchev–Trinajstić information content (AvgIpc) is 2.12. The van der Waals surface area contributed by atoms with E-state index in [0.29, 0.717) is 6.29 Å². The number of hydrogen-bond acceptors (Lipinski definition) is 5. The van der Waals surface area contributed by atoms with Crippen LogP contribution in [-0.4, -0.2) is 51.6 Å². The van der Waals surface area contributed by atoms with Crippen LogP contribution in [0.4, 0.5) is 0 Å². The van der Waals surface area contributed by atoms with Gasteiger partial charge in [0.2, 0.25) is 0 Å². The maximum Gasteiger partial charge on any atom is 0.125 e. The summed E-state index contributed by atoms with van der Waals surface area (Å²) in [7, 11) is 0. The van der Waals surface area contributed by atoms with Gasteiger partial charge in [-0.1, -0.05) is 6.92 Å². The summed E-state index contributed by atoms with van der Waals surface area (Å²) in [6.45, 7) is 0.759. The van der Waals surface area contributed by atoms with Crippen molar-refractivity contribution >= 4 is 6.29 Å². The van der Waals surface area contributed by atoms with Crippen LogP contribution >= 0.6 is 0 Å². The highest BCUT2D eigenvalue weighted by atomic mass is 16.4. The van der Waals surface area contributed by atoms with Crippen LogP contribution in [0.1, 0.15) is 6.92 Å². The second kappa shape index (κ2) is 5.21. The van der Waals surface area contributed by atoms with Gasteiger partial charge in [0.25, 0.3) is 0 Å². The van der Waals surface area contributed by atoms with Gasteiger partial charge in [0.1, 0.15) is 18.5 Å². The van der Waals surface area contributed by atoms with Gasteiger partial charge in [0.05, 0.1) is 12.7 Å². The zero-order valence-corrected chi connectivity index (χ0v) is 6.79. The van der Waals surface area contributed by atoms with Crippen molar-refractivity contribution < 1.29 is 25.2 Å². The highest BCUT2D eigenvalue weighted by Crippen LogP contribution is 2.07. The SMILES string of the molecule is C[C@H](C=O)[C@@H](O)[C@H](O)[C@H](O)CO. The fourth-order valence-electron chi connectivity index (χ4n) is 0.727. The van der Waals surface area contributed by atoms with E-state index in [9.17, 15) is 4.79 Å². The lowest BCUT2D eigenvalue weighted by atomic mass is 9.98. The fourth-order valence-corrected chi connectivity index (χ4v) is 0.727. The third-order valence-electron chi connectivity index (χ3n) is 1.68. The van der Waals surface area contributed by atoms with Crippen molar-refractivity contribution in [1.82, 2.24) is 0 Å². The van der Waals surface area contributed by atoms with Crippen molar-refractivity contribution in [3.05, 3.63) is 0 Å². The Hall–Kier alpha value is -0.490. The fraction of sp³-hybridized carbons (Fsp3) is 0.857. The molecule has 0 aliphatic rings. The smallest absolute Gasteiger partial charge is 0.125 e. The van der Waals surface area contributed by atoms with Gasteiger partial charge >= 0.3 is 0 Å². The largest absolute Gasteiger partial charge is 0.394 e. The third-order valence-corrected chi connectivity index (χ3v) is 1.68. The summed E-state index contributed by atoms with van der Waals surface area (Å²) in [5.74, 6) is -0.763. The Morgan fingerprint density at radius 1 is 1.25 bits per heavy atom. The molecule has 0 fully saturated rings. The minimum atomic E-state index is -1.49. The Morgan fingerprint density at radius 2 is 1.75 bits per heavy atom. The monoisotopic (exact) mass is 178 g/mol. The zero-order chi connectivity index (χ0) is 9.72. The van der Waals surface area contributed by atoms with Gasteiger partial charge in [-0.05, 0) is 0 Å². The second-order valence-corrected chi connectivity index (χ2v) is 2.73. The lowest BCUT2D eigenvalue weighted by Crippen LogP contribution is -2.43. The molecule has 5 nitrogen and oxygen atoms in total. The van der Waals surface area contributed by atoms with Crippen molar-refractivity contribution in [2.45, 2.75) is 25.2 Å². The van der Waals surface area contributed by atoms with Crippen LogP contribution in [0.5, 0.6) is 0 Å². The molecule has 4 atom stereocenters. The Kier molecular flexibility index (Phi) is 5.00. The first-order valence-corrected chi connectivity index (χ1v) is 3.65. The van der Waals surface area contributed by atoms with Gasteiger partial charge in [-0.2, -0.15) is 0 Å². The molecule has 0 unspecified atom stereocenters. The van der Waals surface area contributed by atoms with Gasteiger partial charge in [0.15, 0.2) is 0 Å². The summed E-state index contributed by atoms with van der Waals surface area (Å²) in [4.78, 5) is 10.1. The van der Waals surface area contributed by atoms with E-state index in [2.05, 4.69) is 0 Å². The van der Waals surface area contributed by atoms with E-state index < -0.39 is 30.8 Å². The maximum atomic E-state index is 10.1. The molecule has 0 rings (SSSR count). The number of aldehydes is 1.